The zero-order valence-electron chi connectivity index (χ0n) is 16.6. The molecule has 31 heavy (non-hydrogen) atoms. The first-order chi connectivity index (χ1) is 14.9. The summed E-state index contributed by atoms with van der Waals surface area (Å²) in [5, 5.41) is 13.7. The van der Waals surface area contributed by atoms with E-state index in [0.717, 1.165) is 5.56 Å². The van der Waals surface area contributed by atoms with Crippen molar-refractivity contribution in [3.63, 3.8) is 0 Å². The number of methoxy groups -OCH3 is 1. The summed E-state index contributed by atoms with van der Waals surface area (Å²) < 4.78 is 10.1. The first-order valence-electron chi connectivity index (χ1n) is 9.28. The smallest absolute Gasteiger partial charge is 0.325 e. The van der Waals surface area contributed by atoms with Crippen LogP contribution >= 0.6 is 11.6 Å². The molecule has 1 heterocycles. The Morgan fingerprint density at radius 2 is 1.87 bits per heavy atom. The number of hydrogen-bond donors (Lipinski definition) is 2. The van der Waals surface area contributed by atoms with Crippen molar-refractivity contribution in [1.82, 2.24) is 15.5 Å². The summed E-state index contributed by atoms with van der Waals surface area (Å²) in [6.07, 6.45) is 0.368. The average Bonchev–Trinajstić information content (AvgIpc) is 3.25. The summed E-state index contributed by atoms with van der Waals surface area (Å²) in [6.45, 7) is -0.242. The van der Waals surface area contributed by atoms with Crippen molar-refractivity contribution in [3.8, 4) is 11.5 Å². The zero-order chi connectivity index (χ0) is 22.2. The molecule has 2 aromatic carbocycles. The molecule has 0 aliphatic rings. The van der Waals surface area contributed by atoms with Gasteiger partial charge < -0.3 is 19.8 Å². The molecule has 160 valence electrons. The van der Waals surface area contributed by atoms with Crippen LogP contribution in [0.4, 0.5) is 5.69 Å². The van der Waals surface area contributed by atoms with Gasteiger partial charge in [0, 0.05) is 34.7 Å². The van der Waals surface area contributed by atoms with Gasteiger partial charge in [-0.25, -0.2) is 0 Å². The number of aryl methyl sites for hydroxylation is 1. The molecule has 0 fully saturated rings. The Labute approximate surface area is 182 Å². The van der Waals surface area contributed by atoms with Gasteiger partial charge in [-0.05, 0) is 42.5 Å². The molecule has 0 saturated carbocycles. The third-order valence-electron chi connectivity index (χ3n) is 4.15. The van der Waals surface area contributed by atoms with E-state index in [0.29, 0.717) is 28.1 Å². The van der Waals surface area contributed by atoms with E-state index in [4.69, 9.17) is 16.0 Å². The molecule has 0 atom stereocenters. The highest BCUT2D eigenvalue weighted by Crippen LogP contribution is 2.20. The number of carbonyl (C=O) groups excluding carboxylic acids is 3. The van der Waals surface area contributed by atoms with E-state index in [-0.39, 0.29) is 25.3 Å². The van der Waals surface area contributed by atoms with Crippen LogP contribution in [-0.2, 0) is 20.7 Å². The SMILES string of the molecule is COC(=O)CNC(=O)c1cccc(NC(=O)CCc2nnc(-c3ccc(Cl)cc3)o2)c1. The number of hydrogen-bond acceptors (Lipinski definition) is 7. The summed E-state index contributed by atoms with van der Waals surface area (Å²) in [5.41, 5.74) is 1.48. The molecule has 3 aromatic rings. The first kappa shape index (κ1) is 22.0. The third kappa shape index (κ3) is 6.38. The second kappa shape index (κ2) is 10.4. The van der Waals surface area contributed by atoms with Crippen LogP contribution in [0.15, 0.2) is 52.9 Å². The summed E-state index contributed by atoms with van der Waals surface area (Å²) >= 11 is 5.86. The van der Waals surface area contributed by atoms with E-state index in [9.17, 15) is 14.4 Å². The second-order valence-corrected chi connectivity index (χ2v) is 6.83. The maximum atomic E-state index is 12.3. The van der Waals surface area contributed by atoms with Crippen LogP contribution in [-0.4, -0.2) is 41.6 Å². The summed E-state index contributed by atoms with van der Waals surface area (Å²) in [5.74, 6) is -0.618. The van der Waals surface area contributed by atoms with Gasteiger partial charge in [0.2, 0.25) is 17.7 Å². The van der Waals surface area contributed by atoms with Crippen LogP contribution in [0.25, 0.3) is 11.5 Å². The van der Waals surface area contributed by atoms with Crippen molar-refractivity contribution < 1.29 is 23.5 Å². The Balaban J connectivity index is 1.52. The highest BCUT2D eigenvalue weighted by Gasteiger charge is 2.12. The zero-order valence-corrected chi connectivity index (χ0v) is 17.3. The third-order valence-corrected chi connectivity index (χ3v) is 4.41. The predicted octanol–water partition coefficient (Wildman–Crippen LogP) is 2.86. The number of carbonyl (C=O) groups is 3. The van der Waals surface area contributed by atoms with E-state index in [1.165, 1.54) is 13.2 Å². The molecule has 3 rings (SSSR count). The van der Waals surface area contributed by atoms with Crippen LogP contribution in [0.5, 0.6) is 0 Å². The predicted molar refractivity (Wildman–Crippen MR) is 112 cm³/mol. The fourth-order valence-corrected chi connectivity index (χ4v) is 2.70. The Morgan fingerprint density at radius 1 is 1.10 bits per heavy atom. The Morgan fingerprint density at radius 3 is 2.61 bits per heavy atom. The molecular weight excluding hydrogens is 424 g/mol. The molecule has 9 nitrogen and oxygen atoms in total. The van der Waals surface area contributed by atoms with Crippen LogP contribution < -0.4 is 10.6 Å². The molecule has 0 saturated heterocycles. The van der Waals surface area contributed by atoms with E-state index in [1.807, 2.05) is 0 Å². The van der Waals surface area contributed by atoms with Crippen molar-refractivity contribution in [2.45, 2.75) is 12.8 Å². The average molecular weight is 443 g/mol. The number of amides is 2. The molecule has 1 aromatic heterocycles. The fourth-order valence-electron chi connectivity index (χ4n) is 2.57. The molecule has 10 heteroatoms. The number of rotatable bonds is 8. The minimum atomic E-state index is -0.557. The topological polar surface area (TPSA) is 123 Å². The largest absolute Gasteiger partial charge is 0.468 e. The molecule has 0 spiro atoms. The molecular formula is C21H19ClN4O5. The van der Waals surface area contributed by atoms with Crippen LogP contribution in [0.2, 0.25) is 5.02 Å². The lowest BCUT2D eigenvalue weighted by Gasteiger charge is -2.07. The molecule has 0 aliphatic carbocycles. The number of nitrogens with zero attached hydrogens (tertiary/aromatic N) is 2. The molecule has 2 N–H and O–H groups in total. The summed E-state index contributed by atoms with van der Waals surface area (Å²) in [4.78, 5) is 35.5. The van der Waals surface area contributed by atoms with E-state index in [2.05, 4.69) is 25.6 Å². The lowest BCUT2D eigenvalue weighted by molar-refractivity contribution is -0.139. The molecule has 0 aliphatic heterocycles. The number of ether oxygens (including phenoxy) is 1. The number of halogens is 1. The van der Waals surface area contributed by atoms with Gasteiger partial charge in [0.05, 0.1) is 7.11 Å². The van der Waals surface area contributed by atoms with Gasteiger partial charge in [0.1, 0.15) is 6.54 Å². The number of esters is 1. The van der Waals surface area contributed by atoms with E-state index < -0.39 is 11.9 Å². The Hall–Kier alpha value is -3.72. The van der Waals surface area contributed by atoms with Gasteiger partial charge in [-0.3, -0.25) is 14.4 Å². The first-order valence-corrected chi connectivity index (χ1v) is 9.65. The Kier molecular flexibility index (Phi) is 7.34. The lowest BCUT2D eigenvalue weighted by Crippen LogP contribution is -2.30. The maximum Gasteiger partial charge on any atom is 0.325 e. The van der Waals surface area contributed by atoms with Crippen molar-refractivity contribution >= 4 is 35.1 Å². The molecule has 0 unspecified atom stereocenters. The highest BCUT2D eigenvalue weighted by atomic mass is 35.5. The fraction of sp³-hybridized carbons (Fsp3) is 0.190. The van der Waals surface area contributed by atoms with Crippen LogP contribution in [0.3, 0.4) is 0 Å². The number of benzene rings is 2. The summed E-state index contributed by atoms with van der Waals surface area (Å²) in [6, 6.07) is 13.3. The van der Waals surface area contributed by atoms with Gasteiger partial charge in [0.15, 0.2) is 0 Å². The molecule has 0 bridgehead atoms. The van der Waals surface area contributed by atoms with E-state index >= 15 is 0 Å². The monoisotopic (exact) mass is 442 g/mol. The van der Waals surface area contributed by atoms with E-state index in [1.54, 1.807) is 42.5 Å². The van der Waals surface area contributed by atoms with Gasteiger partial charge in [-0.1, -0.05) is 17.7 Å². The van der Waals surface area contributed by atoms with Crippen LogP contribution in [0.1, 0.15) is 22.7 Å². The number of anilines is 1. The molecule has 2 amide bonds. The van der Waals surface area contributed by atoms with Crippen molar-refractivity contribution in [2.75, 3.05) is 19.0 Å². The number of aromatic nitrogens is 2. The quantitative estimate of drug-likeness (QED) is 0.514. The second-order valence-electron chi connectivity index (χ2n) is 6.40. The molecule has 0 radical (unpaired) electrons. The van der Waals surface area contributed by atoms with Gasteiger partial charge in [-0.2, -0.15) is 0 Å². The van der Waals surface area contributed by atoms with Crippen LogP contribution in [0, 0.1) is 0 Å². The summed E-state index contributed by atoms with van der Waals surface area (Å²) in [7, 11) is 1.23. The number of nitrogens with one attached hydrogen (secondary N) is 2. The highest BCUT2D eigenvalue weighted by molar-refractivity contribution is 6.30. The van der Waals surface area contributed by atoms with Crippen molar-refractivity contribution in [2.24, 2.45) is 0 Å². The van der Waals surface area contributed by atoms with Crippen molar-refractivity contribution in [3.05, 3.63) is 65.0 Å². The van der Waals surface area contributed by atoms with Gasteiger partial charge in [-0.15, -0.1) is 10.2 Å². The normalized spacial score (nSPS) is 10.4. The van der Waals surface area contributed by atoms with Crippen molar-refractivity contribution in [1.29, 1.82) is 0 Å². The lowest BCUT2D eigenvalue weighted by atomic mass is 10.2. The minimum Gasteiger partial charge on any atom is -0.468 e. The minimum absolute atomic E-state index is 0.112. The van der Waals surface area contributed by atoms with Gasteiger partial charge >= 0.3 is 5.97 Å². The standard InChI is InChI=1S/C21H19ClN4O5/c1-30-19(28)12-23-20(29)14-3-2-4-16(11-14)24-17(27)9-10-18-25-26-21(31-18)13-5-7-15(22)8-6-13/h2-8,11H,9-10,12H2,1H3,(H,23,29)(H,24,27). The van der Waals surface area contributed by atoms with Gasteiger partial charge in [0.25, 0.3) is 5.91 Å². The maximum absolute atomic E-state index is 12.3. The Bertz CT molecular complexity index is 1080.